The van der Waals surface area contributed by atoms with Gasteiger partial charge in [-0.3, -0.25) is 4.98 Å². The molecule has 4 heterocycles. The van der Waals surface area contributed by atoms with Crippen molar-refractivity contribution in [1.82, 2.24) is 24.5 Å². The first-order valence-electron chi connectivity index (χ1n) is 9.90. The molecule has 8 nitrogen and oxygen atoms in total. The summed E-state index contributed by atoms with van der Waals surface area (Å²) in [4.78, 5) is 23.4. The van der Waals surface area contributed by atoms with E-state index in [1.54, 1.807) is 9.80 Å². The number of alkyl halides is 3. The molecule has 3 aliphatic heterocycles. The van der Waals surface area contributed by atoms with E-state index in [9.17, 15) is 26.4 Å². The number of likely N-dealkylation sites (tertiary alicyclic amines) is 2. The third kappa shape index (κ3) is 3.43. The minimum absolute atomic E-state index is 0.0468. The lowest BCUT2D eigenvalue weighted by Crippen LogP contribution is -2.73. The van der Waals surface area contributed by atoms with Crippen LogP contribution in [0.15, 0.2) is 12.4 Å². The molecule has 30 heavy (non-hydrogen) atoms. The van der Waals surface area contributed by atoms with Crippen LogP contribution in [0.5, 0.6) is 0 Å². The van der Waals surface area contributed by atoms with E-state index in [1.807, 2.05) is 0 Å². The van der Waals surface area contributed by atoms with E-state index in [2.05, 4.69) is 14.7 Å². The van der Waals surface area contributed by atoms with Crippen molar-refractivity contribution in [3.63, 3.8) is 0 Å². The number of rotatable bonds is 2. The topological polar surface area (TPSA) is 95.5 Å². The van der Waals surface area contributed by atoms with Crippen molar-refractivity contribution in [2.45, 2.75) is 37.4 Å². The van der Waals surface area contributed by atoms with Crippen LogP contribution in [0.1, 0.15) is 30.7 Å². The molecule has 5 rings (SSSR count). The molecule has 1 aromatic rings. The third-order valence-electron chi connectivity index (χ3n) is 6.74. The van der Waals surface area contributed by atoms with Gasteiger partial charge in [0.05, 0.1) is 23.2 Å². The quantitative estimate of drug-likeness (QED) is 0.739. The van der Waals surface area contributed by atoms with E-state index in [1.165, 1.54) is 6.20 Å². The normalized spacial score (nSPS) is 26.4. The molecule has 1 aliphatic carbocycles. The van der Waals surface area contributed by atoms with E-state index in [4.69, 9.17) is 0 Å². The van der Waals surface area contributed by atoms with Crippen LogP contribution in [0.2, 0.25) is 0 Å². The predicted octanol–water partition coefficient (Wildman–Crippen LogP) is 1.25. The van der Waals surface area contributed by atoms with Crippen molar-refractivity contribution >= 4 is 16.1 Å². The second-order valence-corrected chi connectivity index (χ2v) is 11.2. The molecule has 2 spiro atoms. The number of halogens is 3. The number of aromatic nitrogens is 2. The highest BCUT2D eigenvalue weighted by molar-refractivity contribution is 7.89. The molecule has 3 saturated heterocycles. The maximum absolute atomic E-state index is 12.6. The Morgan fingerprint density at radius 2 is 1.80 bits per heavy atom. The van der Waals surface area contributed by atoms with Crippen LogP contribution in [0.4, 0.5) is 18.0 Å². The summed E-state index contributed by atoms with van der Waals surface area (Å²) in [5, 5.41) is 0. The Hall–Kier alpha value is -1.95. The summed E-state index contributed by atoms with van der Waals surface area (Å²) < 4.78 is 63.5. The van der Waals surface area contributed by atoms with Crippen LogP contribution in [0.25, 0.3) is 0 Å². The number of amides is 2. The van der Waals surface area contributed by atoms with Crippen molar-refractivity contribution in [3.05, 3.63) is 23.8 Å². The summed E-state index contributed by atoms with van der Waals surface area (Å²) in [6.07, 6.45) is 0.463. The average Bonchev–Trinajstić information content (AvgIpc) is 2.89. The van der Waals surface area contributed by atoms with E-state index in [0.29, 0.717) is 50.6 Å². The molecule has 0 aromatic carbocycles. The van der Waals surface area contributed by atoms with Crippen LogP contribution in [0.3, 0.4) is 0 Å². The number of urea groups is 1. The molecule has 0 atom stereocenters. The molecule has 4 aliphatic rings. The standard InChI is InChI=1S/C18H22F3N5O3S/c19-18(20,21)14-7-22-13(6-23-14)3-12-4-16(5-12)8-25(9-16)15(27)26-10-17(11-26)1-2-30(28,29)24-17/h6-7,12,24H,1-5,8-11H2. The lowest BCUT2D eigenvalue weighted by atomic mass is 9.57. The highest BCUT2D eigenvalue weighted by Gasteiger charge is 2.57. The summed E-state index contributed by atoms with van der Waals surface area (Å²) in [6, 6.07) is -0.0468. The summed E-state index contributed by atoms with van der Waals surface area (Å²) in [6.45, 7) is 2.19. The Balaban J connectivity index is 1.07. The molecule has 1 N–H and O–H groups in total. The van der Waals surface area contributed by atoms with Gasteiger partial charge in [-0.2, -0.15) is 13.2 Å². The maximum Gasteiger partial charge on any atom is 0.434 e. The Morgan fingerprint density at radius 1 is 1.13 bits per heavy atom. The van der Waals surface area contributed by atoms with Crippen LogP contribution in [0, 0.1) is 11.3 Å². The minimum Gasteiger partial charge on any atom is -0.323 e. The van der Waals surface area contributed by atoms with Crippen molar-refractivity contribution < 1.29 is 26.4 Å². The number of hydrogen-bond donors (Lipinski definition) is 1. The number of carbonyl (C=O) groups excluding carboxylic acids is 1. The van der Waals surface area contributed by atoms with Crippen molar-refractivity contribution in [3.8, 4) is 0 Å². The van der Waals surface area contributed by atoms with E-state index < -0.39 is 27.4 Å². The number of sulfonamides is 1. The molecule has 4 fully saturated rings. The molecule has 0 bridgehead atoms. The van der Waals surface area contributed by atoms with Crippen molar-refractivity contribution in [2.24, 2.45) is 11.3 Å². The van der Waals surface area contributed by atoms with Crippen molar-refractivity contribution in [2.75, 3.05) is 31.9 Å². The minimum atomic E-state index is -4.48. The van der Waals surface area contributed by atoms with Gasteiger partial charge in [-0.1, -0.05) is 0 Å². The van der Waals surface area contributed by atoms with Gasteiger partial charge in [0.2, 0.25) is 10.0 Å². The van der Waals surface area contributed by atoms with Gasteiger partial charge in [0.15, 0.2) is 5.69 Å². The molecule has 0 radical (unpaired) electrons. The molecule has 164 valence electrons. The Kier molecular flexibility index (Phi) is 4.18. The second-order valence-electron chi connectivity index (χ2n) is 9.32. The van der Waals surface area contributed by atoms with E-state index >= 15 is 0 Å². The zero-order chi connectivity index (χ0) is 21.4. The largest absolute Gasteiger partial charge is 0.434 e. The lowest BCUT2D eigenvalue weighted by Gasteiger charge is -2.61. The number of carbonyl (C=O) groups is 1. The molecule has 0 unspecified atom stereocenters. The van der Waals surface area contributed by atoms with Gasteiger partial charge in [-0.15, -0.1) is 0 Å². The van der Waals surface area contributed by atoms with Gasteiger partial charge in [0, 0.05) is 37.8 Å². The second kappa shape index (κ2) is 6.28. The highest BCUT2D eigenvalue weighted by Crippen LogP contribution is 2.53. The van der Waals surface area contributed by atoms with Gasteiger partial charge in [-0.25, -0.2) is 22.9 Å². The number of nitrogens with zero attached hydrogens (tertiary/aromatic N) is 4. The highest BCUT2D eigenvalue weighted by atomic mass is 32.2. The number of nitrogens with one attached hydrogen (secondary N) is 1. The monoisotopic (exact) mass is 445 g/mol. The van der Waals surface area contributed by atoms with Crippen LogP contribution < -0.4 is 4.72 Å². The third-order valence-corrected chi connectivity index (χ3v) is 8.22. The first-order chi connectivity index (χ1) is 14.0. The SMILES string of the molecule is O=C(N1CC2(CC(Cc3cnc(C(F)(F)F)cn3)C2)C1)N1CC2(CCS(=O)(=O)N2)C1. The lowest BCUT2D eigenvalue weighted by molar-refractivity contribution is -0.141. The summed E-state index contributed by atoms with van der Waals surface area (Å²) in [7, 11) is -3.20. The molecular formula is C18H22F3N5O3S. The summed E-state index contributed by atoms with van der Waals surface area (Å²) >= 11 is 0. The van der Waals surface area contributed by atoms with Gasteiger partial charge in [0.25, 0.3) is 0 Å². The first kappa shape index (κ1) is 20.0. The van der Waals surface area contributed by atoms with Gasteiger partial charge < -0.3 is 9.80 Å². The Morgan fingerprint density at radius 3 is 2.33 bits per heavy atom. The van der Waals surface area contributed by atoms with E-state index in [0.717, 1.165) is 19.0 Å². The maximum atomic E-state index is 12.6. The fourth-order valence-electron chi connectivity index (χ4n) is 5.37. The fourth-order valence-corrected chi connectivity index (χ4v) is 7.02. The molecular weight excluding hydrogens is 423 g/mol. The zero-order valence-corrected chi connectivity index (χ0v) is 17.0. The zero-order valence-electron chi connectivity index (χ0n) is 16.2. The molecule has 12 heteroatoms. The molecule has 1 aromatic heterocycles. The Labute approximate surface area is 171 Å². The summed E-state index contributed by atoms with van der Waals surface area (Å²) in [5.74, 6) is 0.459. The van der Waals surface area contributed by atoms with Crippen molar-refractivity contribution in [1.29, 1.82) is 0 Å². The number of hydrogen-bond acceptors (Lipinski definition) is 5. The van der Waals surface area contributed by atoms with Gasteiger partial charge in [-0.05, 0) is 31.6 Å². The van der Waals surface area contributed by atoms with Gasteiger partial charge in [0.1, 0.15) is 0 Å². The first-order valence-corrected chi connectivity index (χ1v) is 11.6. The van der Waals surface area contributed by atoms with Crippen LogP contribution in [-0.2, 0) is 22.6 Å². The summed E-state index contributed by atoms with van der Waals surface area (Å²) in [5.41, 5.74) is -0.791. The predicted molar refractivity (Wildman–Crippen MR) is 98.7 cm³/mol. The average molecular weight is 445 g/mol. The smallest absolute Gasteiger partial charge is 0.323 e. The molecule has 1 saturated carbocycles. The van der Waals surface area contributed by atoms with Crippen LogP contribution in [-0.4, -0.2) is 71.7 Å². The van der Waals surface area contributed by atoms with E-state index in [-0.39, 0.29) is 17.2 Å². The molecule has 2 amide bonds. The fraction of sp³-hybridized carbons (Fsp3) is 0.722. The van der Waals surface area contributed by atoms with Crippen LogP contribution >= 0.6 is 0 Å². The Bertz CT molecular complexity index is 962. The van der Waals surface area contributed by atoms with Gasteiger partial charge >= 0.3 is 12.2 Å².